The van der Waals surface area contributed by atoms with E-state index in [1.54, 1.807) is 23.8 Å². The van der Waals surface area contributed by atoms with Crippen molar-refractivity contribution in [1.29, 1.82) is 0 Å². The lowest BCUT2D eigenvalue weighted by molar-refractivity contribution is -0.120. The second kappa shape index (κ2) is 8.85. The van der Waals surface area contributed by atoms with Crippen LogP contribution in [0, 0.1) is 12.8 Å². The Labute approximate surface area is 207 Å². The van der Waals surface area contributed by atoms with Gasteiger partial charge < -0.3 is 5.32 Å². The molecule has 0 spiro atoms. The minimum absolute atomic E-state index is 0.114. The molecule has 5 rings (SSSR count). The normalized spacial score (nSPS) is 21.8. The molecule has 0 saturated heterocycles. The van der Waals surface area contributed by atoms with Crippen molar-refractivity contribution in [3.05, 3.63) is 33.9 Å². The van der Waals surface area contributed by atoms with E-state index < -0.39 is 0 Å². The van der Waals surface area contributed by atoms with E-state index in [1.165, 1.54) is 16.4 Å². The van der Waals surface area contributed by atoms with E-state index in [9.17, 15) is 14.4 Å². The van der Waals surface area contributed by atoms with Gasteiger partial charge >= 0.3 is 0 Å². The fourth-order valence-electron chi connectivity index (χ4n) is 4.59. The maximum absolute atomic E-state index is 13.1. The molecule has 2 unspecified atom stereocenters. The Kier molecular flexibility index (Phi) is 5.98. The molecule has 11 heteroatoms. The van der Waals surface area contributed by atoms with Crippen molar-refractivity contribution in [2.24, 2.45) is 15.9 Å². The van der Waals surface area contributed by atoms with E-state index >= 15 is 0 Å². The van der Waals surface area contributed by atoms with E-state index in [-0.39, 0.29) is 47.1 Å². The standard InChI is InChI=1S/C24H29N7O3S/c1-13-11-25-23-30(21(13)34)14(12-35-23)9-19(32)27-18-10-17(24(2,3)4)29-31(18)22-26-16-8-6-5-7-15(16)20(33)28-22/h10-11,14-15H,5-9,12H2,1-4H3,(H,27,32). The molecular weight excluding hydrogens is 466 g/mol. The zero-order valence-corrected chi connectivity index (χ0v) is 21.2. The first-order chi connectivity index (χ1) is 16.6. The first-order valence-corrected chi connectivity index (χ1v) is 12.9. The quantitative estimate of drug-likeness (QED) is 0.653. The summed E-state index contributed by atoms with van der Waals surface area (Å²) in [5.41, 5.74) is 1.73. The molecule has 2 aromatic heterocycles. The highest BCUT2D eigenvalue weighted by Gasteiger charge is 2.33. The van der Waals surface area contributed by atoms with Gasteiger partial charge in [-0.05, 0) is 26.2 Å². The number of carbonyl (C=O) groups is 2. The molecule has 4 heterocycles. The number of nitrogens with one attached hydrogen (secondary N) is 1. The second-order valence-electron chi connectivity index (χ2n) is 10.3. The highest BCUT2D eigenvalue weighted by molar-refractivity contribution is 7.99. The average Bonchev–Trinajstić information content (AvgIpc) is 3.41. The topological polar surface area (TPSA) is 124 Å². The third-order valence-corrected chi connectivity index (χ3v) is 7.70. The van der Waals surface area contributed by atoms with Crippen LogP contribution < -0.4 is 10.9 Å². The number of thioether (sulfide) groups is 1. The van der Waals surface area contributed by atoms with Crippen LogP contribution in [0.15, 0.2) is 32.2 Å². The maximum Gasteiger partial charge on any atom is 0.257 e. The lowest BCUT2D eigenvalue weighted by atomic mass is 9.86. The van der Waals surface area contributed by atoms with E-state index in [2.05, 4.69) is 25.4 Å². The van der Waals surface area contributed by atoms with Gasteiger partial charge in [-0.15, -0.1) is 0 Å². The molecular formula is C24H29N7O3S. The highest BCUT2D eigenvalue weighted by atomic mass is 32.2. The SMILES string of the molecule is Cc1cnc2n(c1=O)C(CC(=O)Nc1cc(C(C)(C)C)nn1C1=NC(=O)C3CCCCC3=N1)CS2. The first kappa shape index (κ1) is 23.7. The summed E-state index contributed by atoms with van der Waals surface area (Å²) in [6.07, 6.45) is 5.23. The Morgan fingerprint density at radius 3 is 2.80 bits per heavy atom. The molecule has 35 heavy (non-hydrogen) atoms. The number of nitrogens with zero attached hydrogens (tertiary/aromatic N) is 6. The van der Waals surface area contributed by atoms with Gasteiger partial charge in [-0.1, -0.05) is 39.0 Å². The minimum Gasteiger partial charge on any atom is -0.310 e. The number of aryl methyl sites for hydroxylation is 1. The molecule has 2 amide bonds. The molecule has 10 nitrogen and oxygen atoms in total. The third kappa shape index (κ3) is 4.49. The van der Waals surface area contributed by atoms with Gasteiger partial charge in [-0.25, -0.2) is 9.98 Å². The average molecular weight is 496 g/mol. The van der Waals surface area contributed by atoms with Gasteiger partial charge in [-0.3, -0.25) is 19.0 Å². The number of amides is 2. The summed E-state index contributed by atoms with van der Waals surface area (Å²) in [4.78, 5) is 51.7. The van der Waals surface area contributed by atoms with Crippen molar-refractivity contribution >= 4 is 41.1 Å². The molecule has 2 atom stereocenters. The lowest BCUT2D eigenvalue weighted by Crippen LogP contribution is -2.34. The van der Waals surface area contributed by atoms with Crippen LogP contribution >= 0.6 is 11.8 Å². The van der Waals surface area contributed by atoms with Crippen LogP contribution in [-0.2, 0) is 15.0 Å². The van der Waals surface area contributed by atoms with Crippen molar-refractivity contribution < 1.29 is 9.59 Å². The summed E-state index contributed by atoms with van der Waals surface area (Å²) >= 11 is 1.47. The van der Waals surface area contributed by atoms with Crippen molar-refractivity contribution in [1.82, 2.24) is 19.3 Å². The van der Waals surface area contributed by atoms with Gasteiger partial charge in [0.15, 0.2) is 5.16 Å². The monoisotopic (exact) mass is 495 g/mol. The number of hydrogen-bond donors (Lipinski definition) is 1. The Morgan fingerprint density at radius 2 is 2.03 bits per heavy atom. The molecule has 1 fully saturated rings. The number of rotatable bonds is 3. The molecule has 0 aromatic carbocycles. The molecule has 2 aromatic rings. The van der Waals surface area contributed by atoms with Gasteiger partial charge in [0.05, 0.1) is 17.7 Å². The van der Waals surface area contributed by atoms with E-state index in [0.29, 0.717) is 22.3 Å². The molecule has 1 saturated carbocycles. The van der Waals surface area contributed by atoms with Crippen LogP contribution in [0.1, 0.15) is 70.2 Å². The van der Waals surface area contributed by atoms with Crippen LogP contribution in [-0.4, -0.2) is 48.6 Å². The van der Waals surface area contributed by atoms with Gasteiger partial charge in [0.2, 0.25) is 5.91 Å². The Bertz CT molecular complexity index is 1330. The van der Waals surface area contributed by atoms with Crippen molar-refractivity contribution in [2.75, 3.05) is 11.1 Å². The molecule has 184 valence electrons. The van der Waals surface area contributed by atoms with Crippen LogP contribution in [0.2, 0.25) is 0 Å². The van der Waals surface area contributed by atoms with Crippen molar-refractivity contribution in [3.63, 3.8) is 0 Å². The smallest absolute Gasteiger partial charge is 0.257 e. The largest absolute Gasteiger partial charge is 0.310 e. The van der Waals surface area contributed by atoms with Gasteiger partial charge in [0, 0.05) is 41.1 Å². The first-order valence-electron chi connectivity index (χ1n) is 11.9. The molecule has 0 bridgehead atoms. The number of fused-ring (bicyclic) bond motifs is 2. The van der Waals surface area contributed by atoms with Gasteiger partial charge in [0.1, 0.15) is 5.82 Å². The van der Waals surface area contributed by atoms with Gasteiger partial charge in [-0.2, -0.15) is 14.8 Å². The molecule has 1 N–H and O–H groups in total. The second-order valence-corrected chi connectivity index (χ2v) is 11.3. The Morgan fingerprint density at radius 1 is 1.23 bits per heavy atom. The fraction of sp³-hybridized carbons (Fsp3) is 0.542. The summed E-state index contributed by atoms with van der Waals surface area (Å²) in [6, 6.07) is 1.51. The minimum atomic E-state index is -0.290. The molecule has 3 aliphatic rings. The summed E-state index contributed by atoms with van der Waals surface area (Å²) in [7, 11) is 0. The van der Waals surface area contributed by atoms with Crippen LogP contribution in [0.4, 0.5) is 5.82 Å². The summed E-state index contributed by atoms with van der Waals surface area (Å²) < 4.78 is 3.07. The summed E-state index contributed by atoms with van der Waals surface area (Å²) in [6.45, 7) is 7.80. The lowest BCUT2D eigenvalue weighted by Gasteiger charge is -2.24. The number of aliphatic imine (C=N–C) groups is 2. The maximum atomic E-state index is 13.1. The number of hydrogen-bond acceptors (Lipinski definition) is 7. The van der Waals surface area contributed by atoms with Crippen molar-refractivity contribution in [3.8, 4) is 0 Å². The predicted octanol–water partition coefficient (Wildman–Crippen LogP) is 3.10. The summed E-state index contributed by atoms with van der Waals surface area (Å²) in [5, 5.41) is 8.23. The number of carbonyl (C=O) groups excluding carboxylic acids is 2. The van der Waals surface area contributed by atoms with Gasteiger partial charge in [0.25, 0.3) is 17.4 Å². The number of aromatic nitrogens is 4. The Hall–Kier alpha value is -3.08. The third-order valence-electron chi connectivity index (χ3n) is 6.59. The predicted molar refractivity (Wildman–Crippen MR) is 134 cm³/mol. The van der Waals surface area contributed by atoms with Crippen LogP contribution in [0.3, 0.4) is 0 Å². The molecule has 1 aliphatic carbocycles. The van der Waals surface area contributed by atoms with E-state index in [4.69, 9.17) is 0 Å². The van der Waals surface area contributed by atoms with E-state index in [0.717, 1.165) is 37.1 Å². The van der Waals surface area contributed by atoms with Crippen LogP contribution in [0.5, 0.6) is 0 Å². The Balaban J connectivity index is 1.43. The molecule has 2 aliphatic heterocycles. The molecule has 0 radical (unpaired) electrons. The van der Waals surface area contributed by atoms with Crippen LogP contribution in [0.25, 0.3) is 0 Å². The summed E-state index contributed by atoms with van der Waals surface area (Å²) in [5.74, 6) is 0.499. The number of anilines is 1. The van der Waals surface area contributed by atoms with Crippen molar-refractivity contribution in [2.45, 2.75) is 76.4 Å². The highest BCUT2D eigenvalue weighted by Crippen LogP contribution is 2.33. The zero-order valence-electron chi connectivity index (χ0n) is 20.4. The fourth-order valence-corrected chi connectivity index (χ4v) is 5.69. The van der Waals surface area contributed by atoms with E-state index in [1.807, 2.05) is 20.8 Å². The zero-order chi connectivity index (χ0) is 24.9.